The Morgan fingerprint density at radius 2 is 1.39 bits per heavy atom. The third kappa shape index (κ3) is 4.77. The fourth-order valence-electron chi connectivity index (χ4n) is 4.61. The maximum atomic E-state index is 11.1. The van der Waals surface area contributed by atoms with Crippen molar-refractivity contribution in [3.05, 3.63) is 108 Å². The van der Waals surface area contributed by atoms with Crippen molar-refractivity contribution in [1.29, 1.82) is 0 Å². The predicted molar refractivity (Wildman–Crippen MR) is 144 cm³/mol. The van der Waals surface area contributed by atoms with Crippen molar-refractivity contribution >= 4 is 17.0 Å². The van der Waals surface area contributed by atoms with E-state index in [1.54, 1.807) is 25.1 Å². The van der Waals surface area contributed by atoms with Gasteiger partial charge >= 0.3 is 0 Å². The number of aromatic nitrogens is 4. The number of nitrogens with zero attached hydrogens (tertiary/aromatic N) is 4. The number of benzene rings is 3. The molecule has 2 heterocycles. The van der Waals surface area contributed by atoms with E-state index >= 15 is 0 Å². The lowest BCUT2D eigenvalue weighted by atomic mass is 9.80. The maximum absolute atomic E-state index is 11.1. The van der Waals surface area contributed by atoms with Crippen LogP contribution >= 0.6 is 0 Å². The summed E-state index contributed by atoms with van der Waals surface area (Å²) in [6.45, 7) is 0.232. The third-order valence-electron chi connectivity index (χ3n) is 6.50. The molecule has 0 aliphatic heterocycles. The van der Waals surface area contributed by atoms with Gasteiger partial charge in [-0.2, -0.15) is 0 Å². The van der Waals surface area contributed by atoms with Gasteiger partial charge in [-0.25, -0.2) is 15.0 Å². The molecule has 1 unspecified atom stereocenters. The molecule has 9 heteroatoms. The number of hydrogen-bond acceptors (Lipinski definition) is 8. The molecular formula is C29H29N5O4. The zero-order valence-corrected chi connectivity index (χ0v) is 21.2. The van der Waals surface area contributed by atoms with E-state index < -0.39 is 11.7 Å². The van der Waals surface area contributed by atoms with Crippen LogP contribution in [0.25, 0.3) is 11.2 Å². The maximum Gasteiger partial charge on any atom is 0.165 e. The Kier molecular flexibility index (Phi) is 7.21. The summed E-state index contributed by atoms with van der Waals surface area (Å²) in [7, 11) is 3.27. The monoisotopic (exact) mass is 511 g/mol. The molecule has 3 aromatic carbocycles. The van der Waals surface area contributed by atoms with Crippen LogP contribution in [0, 0.1) is 0 Å². The standard InChI is InChI=1S/C29H29N5O4/c1-36-24-12-8-21(9-13-24)29(20-6-4-3-5-7-20,22-10-14-25(37-2)15-11-22)38-17-23(35)16-34-19-33-26-27(30)31-18-32-28(26)34/h3-15,18-19,23,35H,16-17H2,1-2H3,(H2,30,31,32). The van der Waals surface area contributed by atoms with Crippen molar-refractivity contribution in [3.8, 4) is 11.5 Å². The first-order chi connectivity index (χ1) is 18.5. The van der Waals surface area contributed by atoms with E-state index in [-0.39, 0.29) is 13.2 Å². The zero-order valence-electron chi connectivity index (χ0n) is 21.2. The third-order valence-corrected chi connectivity index (χ3v) is 6.50. The number of hydrogen-bond donors (Lipinski definition) is 2. The van der Waals surface area contributed by atoms with Gasteiger partial charge in [-0.05, 0) is 41.0 Å². The SMILES string of the molecule is COc1ccc(C(OCC(O)Cn2cnc3c(N)ncnc32)(c2ccccc2)c2ccc(OC)cc2)cc1. The Morgan fingerprint density at radius 3 is 1.97 bits per heavy atom. The summed E-state index contributed by atoms with van der Waals surface area (Å²) in [5, 5.41) is 11.1. The zero-order chi connectivity index (χ0) is 26.5. The fraction of sp³-hybridized carbons (Fsp3) is 0.207. The van der Waals surface area contributed by atoms with Crippen LogP contribution in [0.3, 0.4) is 0 Å². The topological polar surface area (TPSA) is 118 Å². The number of ether oxygens (including phenoxy) is 3. The van der Waals surface area contributed by atoms with Crippen molar-refractivity contribution < 1.29 is 19.3 Å². The first-order valence-electron chi connectivity index (χ1n) is 12.1. The normalized spacial score (nSPS) is 12.4. The lowest BCUT2D eigenvalue weighted by molar-refractivity contribution is -0.0421. The Bertz CT molecular complexity index is 1440. The molecule has 0 bridgehead atoms. The van der Waals surface area contributed by atoms with Gasteiger partial charge in [-0.3, -0.25) is 0 Å². The van der Waals surface area contributed by atoms with Crippen LogP contribution in [0.2, 0.25) is 0 Å². The van der Waals surface area contributed by atoms with Crippen molar-refractivity contribution in [2.45, 2.75) is 18.2 Å². The van der Waals surface area contributed by atoms with Crippen molar-refractivity contribution in [1.82, 2.24) is 19.5 Å². The molecule has 0 aliphatic carbocycles. The van der Waals surface area contributed by atoms with Gasteiger partial charge in [-0.1, -0.05) is 54.6 Å². The average Bonchev–Trinajstić information content (AvgIpc) is 3.38. The number of nitrogen functional groups attached to an aromatic ring is 1. The van der Waals surface area contributed by atoms with E-state index in [1.807, 2.05) is 78.9 Å². The van der Waals surface area contributed by atoms with Crippen LogP contribution in [-0.4, -0.2) is 51.6 Å². The highest BCUT2D eigenvalue weighted by Crippen LogP contribution is 2.41. The fourth-order valence-corrected chi connectivity index (χ4v) is 4.61. The highest BCUT2D eigenvalue weighted by Gasteiger charge is 2.38. The van der Waals surface area contributed by atoms with E-state index in [2.05, 4.69) is 15.0 Å². The summed E-state index contributed by atoms with van der Waals surface area (Å²) in [5.41, 5.74) is 8.63. The molecule has 9 nitrogen and oxygen atoms in total. The van der Waals surface area contributed by atoms with Gasteiger partial charge in [0.05, 0.1) is 39.8 Å². The first-order valence-corrected chi connectivity index (χ1v) is 12.1. The number of aliphatic hydroxyl groups excluding tert-OH is 1. The Balaban J connectivity index is 1.54. The molecule has 0 amide bonds. The van der Waals surface area contributed by atoms with Crippen LogP contribution in [0.15, 0.2) is 91.5 Å². The molecule has 194 valence electrons. The van der Waals surface area contributed by atoms with E-state index in [4.69, 9.17) is 19.9 Å². The number of rotatable bonds is 10. The first kappa shape index (κ1) is 25.2. The highest BCUT2D eigenvalue weighted by atomic mass is 16.5. The molecular weight excluding hydrogens is 482 g/mol. The lowest BCUT2D eigenvalue weighted by Gasteiger charge is -2.36. The van der Waals surface area contributed by atoms with Crippen molar-refractivity contribution in [2.75, 3.05) is 26.6 Å². The van der Waals surface area contributed by atoms with Gasteiger partial charge in [0.2, 0.25) is 0 Å². The number of anilines is 1. The second kappa shape index (κ2) is 10.9. The van der Waals surface area contributed by atoms with Gasteiger partial charge in [0.15, 0.2) is 11.5 Å². The minimum Gasteiger partial charge on any atom is -0.497 e. The summed E-state index contributed by atoms with van der Waals surface area (Å²) in [6, 6.07) is 25.5. The largest absolute Gasteiger partial charge is 0.497 e. The summed E-state index contributed by atoms with van der Waals surface area (Å²) in [4.78, 5) is 12.5. The number of nitrogens with two attached hydrogens (primary N) is 1. The molecule has 5 aromatic rings. The van der Waals surface area contributed by atoms with Crippen LogP contribution in [0.4, 0.5) is 5.82 Å². The Morgan fingerprint density at radius 1 is 0.816 bits per heavy atom. The quantitative estimate of drug-likeness (QED) is 0.272. The summed E-state index contributed by atoms with van der Waals surface area (Å²) >= 11 is 0. The summed E-state index contributed by atoms with van der Waals surface area (Å²) in [6.07, 6.45) is 2.10. The average molecular weight is 512 g/mol. The minimum absolute atomic E-state index is 0.0210. The van der Waals surface area contributed by atoms with E-state index in [0.717, 1.165) is 28.2 Å². The van der Waals surface area contributed by atoms with Gasteiger partial charge < -0.3 is 29.6 Å². The second-order valence-corrected chi connectivity index (χ2v) is 8.80. The Hall–Kier alpha value is -4.47. The van der Waals surface area contributed by atoms with Gasteiger partial charge in [0, 0.05) is 0 Å². The molecule has 0 saturated carbocycles. The molecule has 3 N–H and O–H groups in total. The van der Waals surface area contributed by atoms with Gasteiger partial charge in [-0.15, -0.1) is 0 Å². The van der Waals surface area contributed by atoms with Crippen molar-refractivity contribution in [3.63, 3.8) is 0 Å². The summed E-state index contributed by atoms with van der Waals surface area (Å²) < 4.78 is 19.3. The second-order valence-electron chi connectivity index (χ2n) is 8.80. The molecule has 0 aliphatic rings. The number of methoxy groups -OCH3 is 2. The number of imidazole rings is 1. The number of fused-ring (bicyclic) bond motifs is 1. The van der Waals surface area contributed by atoms with Crippen molar-refractivity contribution in [2.24, 2.45) is 0 Å². The van der Waals surface area contributed by atoms with Crippen LogP contribution in [0.1, 0.15) is 16.7 Å². The van der Waals surface area contributed by atoms with Crippen LogP contribution in [0.5, 0.6) is 11.5 Å². The molecule has 0 saturated heterocycles. The van der Waals surface area contributed by atoms with E-state index in [0.29, 0.717) is 17.0 Å². The van der Waals surface area contributed by atoms with E-state index in [9.17, 15) is 5.11 Å². The Labute approximate surface area is 220 Å². The smallest absolute Gasteiger partial charge is 0.165 e. The van der Waals surface area contributed by atoms with Gasteiger partial charge in [0.25, 0.3) is 0 Å². The molecule has 0 spiro atoms. The molecule has 0 fully saturated rings. The molecule has 38 heavy (non-hydrogen) atoms. The van der Waals surface area contributed by atoms with Gasteiger partial charge in [0.1, 0.15) is 28.9 Å². The van der Waals surface area contributed by atoms with Crippen LogP contribution < -0.4 is 15.2 Å². The summed E-state index contributed by atoms with van der Waals surface area (Å²) in [5.74, 6) is 1.76. The molecule has 0 radical (unpaired) electrons. The highest BCUT2D eigenvalue weighted by molar-refractivity contribution is 5.81. The lowest BCUT2D eigenvalue weighted by Crippen LogP contribution is -2.36. The number of aliphatic hydroxyl groups is 1. The minimum atomic E-state index is -1.02. The molecule has 5 rings (SSSR count). The molecule has 2 aromatic heterocycles. The van der Waals surface area contributed by atoms with E-state index in [1.165, 1.54) is 6.33 Å². The van der Waals surface area contributed by atoms with Crippen LogP contribution in [-0.2, 0) is 16.9 Å². The molecule has 1 atom stereocenters. The predicted octanol–water partition coefficient (Wildman–Crippen LogP) is 3.80.